The van der Waals surface area contributed by atoms with Gasteiger partial charge in [-0.2, -0.15) is 0 Å². The van der Waals surface area contributed by atoms with E-state index in [1.807, 2.05) is 0 Å². The average molecular weight is 196 g/mol. The fraction of sp³-hybridized carbons (Fsp3) is 0.833. The Morgan fingerprint density at radius 1 is 1.29 bits per heavy atom. The Hall–Kier alpha value is -0.340. The molecule has 0 saturated carbocycles. The van der Waals surface area contributed by atoms with Gasteiger partial charge in [-0.25, -0.2) is 0 Å². The molecule has 0 amide bonds. The van der Waals surface area contributed by atoms with Crippen molar-refractivity contribution in [3.63, 3.8) is 0 Å². The molecule has 1 aliphatic heterocycles. The van der Waals surface area contributed by atoms with Crippen LogP contribution in [0.3, 0.4) is 0 Å². The minimum absolute atomic E-state index is 0.0662. The molecular weight excluding hydrogens is 176 g/mol. The van der Waals surface area contributed by atoms with E-state index in [4.69, 9.17) is 9.47 Å². The number of allylic oxidation sites excluding steroid dienone is 2. The summed E-state index contributed by atoms with van der Waals surface area (Å²) in [5, 5.41) is 0. The summed E-state index contributed by atoms with van der Waals surface area (Å²) in [6.07, 6.45) is 10.3. The second kappa shape index (κ2) is 4.45. The first-order valence-electron chi connectivity index (χ1n) is 5.73. The summed E-state index contributed by atoms with van der Waals surface area (Å²) in [6.45, 7) is 3.95. The van der Waals surface area contributed by atoms with Gasteiger partial charge in [0, 0.05) is 5.41 Å². The average Bonchev–Trinajstić information content (AvgIpc) is 2.24. The molecule has 0 aromatic rings. The van der Waals surface area contributed by atoms with Crippen LogP contribution in [0.1, 0.15) is 39.0 Å². The Morgan fingerprint density at radius 2 is 2.07 bits per heavy atom. The maximum Gasteiger partial charge on any atom is 0.157 e. The predicted molar refractivity (Wildman–Crippen MR) is 56.0 cm³/mol. The van der Waals surface area contributed by atoms with E-state index in [9.17, 15) is 0 Å². The molecule has 14 heavy (non-hydrogen) atoms. The molecule has 1 heterocycles. The molecule has 0 atom stereocenters. The Balaban J connectivity index is 1.85. The normalized spacial score (nSPS) is 37.6. The first kappa shape index (κ1) is 10.2. The Bertz CT molecular complexity index is 202. The first-order chi connectivity index (χ1) is 6.85. The van der Waals surface area contributed by atoms with E-state index in [2.05, 4.69) is 19.1 Å². The van der Waals surface area contributed by atoms with Gasteiger partial charge in [0.1, 0.15) is 0 Å². The fourth-order valence-corrected chi connectivity index (χ4v) is 2.24. The van der Waals surface area contributed by atoms with Crippen LogP contribution in [0.5, 0.6) is 0 Å². The molecule has 0 aromatic heterocycles. The van der Waals surface area contributed by atoms with Gasteiger partial charge in [-0.05, 0) is 25.7 Å². The Morgan fingerprint density at radius 3 is 2.64 bits per heavy atom. The van der Waals surface area contributed by atoms with E-state index in [0.717, 1.165) is 32.5 Å². The summed E-state index contributed by atoms with van der Waals surface area (Å²) in [5.41, 5.74) is 0.305. The number of rotatable bonds is 2. The van der Waals surface area contributed by atoms with Crippen LogP contribution in [0.15, 0.2) is 12.2 Å². The van der Waals surface area contributed by atoms with Crippen LogP contribution in [0, 0.1) is 5.41 Å². The highest BCUT2D eigenvalue weighted by Gasteiger charge is 2.36. The minimum atomic E-state index is 0.0662. The Labute approximate surface area is 86.3 Å². The highest BCUT2D eigenvalue weighted by atomic mass is 16.7. The third-order valence-corrected chi connectivity index (χ3v) is 3.23. The lowest BCUT2D eigenvalue weighted by atomic mass is 9.78. The summed E-state index contributed by atoms with van der Waals surface area (Å²) in [7, 11) is 0. The van der Waals surface area contributed by atoms with Crippen molar-refractivity contribution >= 4 is 0 Å². The largest absolute Gasteiger partial charge is 0.352 e. The zero-order valence-corrected chi connectivity index (χ0v) is 9.00. The van der Waals surface area contributed by atoms with Crippen LogP contribution in [0.4, 0.5) is 0 Å². The maximum atomic E-state index is 5.76. The second-order valence-electron chi connectivity index (χ2n) is 4.55. The second-order valence-corrected chi connectivity index (χ2v) is 4.55. The Kier molecular flexibility index (Phi) is 3.24. The fourth-order valence-electron chi connectivity index (χ4n) is 2.24. The molecule has 1 spiro atoms. The molecule has 80 valence electrons. The monoisotopic (exact) mass is 196 g/mol. The van der Waals surface area contributed by atoms with Crippen molar-refractivity contribution in [3.05, 3.63) is 12.2 Å². The van der Waals surface area contributed by atoms with E-state index < -0.39 is 0 Å². The number of ether oxygens (including phenoxy) is 2. The number of hydrogen-bond donors (Lipinski definition) is 0. The van der Waals surface area contributed by atoms with E-state index in [1.54, 1.807) is 0 Å². The van der Waals surface area contributed by atoms with Gasteiger partial charge < -0.3 is 9.47 Å². The first-order valence-corrected chi connectivity index (χ1v) is 5.73. The smallest absolute Gasteiger partial charge is 0.157 e. The van der Waals surface area contributed by atoms with Crippen molar-refractivity contribution in [1.82, 2.24) is 0 Å². The maximum absolute atomic E-state index is 5.76. The van der Waals surface area contributed by atoms with Gasteiger partial charge in [0.05, 0.1) is 13.2 Å². The topological polar surface area (TPSA) is 18.5 Å². The SMILES string of the molecule is CCCC1OCC2(CC=CCC2)CO1. The summed E-state index contributed by atoms with van der Waals surface area (Å²) < 4.78 is 11.5. The summed E-state index contributed by atoms with van der Waals surface area (Å²) >= 11 is 0. The summed E-state index contributed by atoms with van der Waals surface area (Å²) in [5.74, 6) is 0. The van der Waals surface area contributed by atoms with E-state index in [1.165, 1.54) is 12.8 Å². The molecule has 2 nitrogen and oxygen atoms in total. The van der Waals surface area contributed by atoms with E-state index in [-0.39, 0.29) is 6.29 Å². The molecule has 2 rings (SSSR count). The molecule has 0 aromatic carbocycles. The van der Waals surface area contributed by atoms with Crippen molar-refractivity contribution in [2.45, 2.75) is 45.3 Å². The van der Waals surface area contributed by atoms with Crippen LogP contribution in [-0.4, -0.2) is 19.5 Å². The summed E-state index contributed by atoms with van der Waals surface area (Å²) in [4.78, 5) is 0. The number of hydrogen-bond acceptors (Lipinski definition) is 2. The van der Waals surface area contributed by atoms with Crippen LogP contribution < -0.4 is 0 Å². The third kappa shape index (κ3) is 2.18. The molecule has 1 fully saturated rings. The summed E-state index contributed by atoms with van der Waals surface area (Å²) in [6, 6.07) is 0. The lowest BCUT2D eigenvalue weighted by Crippen LogP contribution is -2.42. The molecular formula is C12H20O2. The molecule has 2 aliphatic rings. The predicted octanol–water partition coefficient (Wildman–Crippen LogP) is 2.89. The third-order valence-electron chi connectivity index (χ3n) is 3.23. The lowest BCUT2D eigenvalue weighted by molar-refractivity contribution is -0.233. The van der Waals surface area contributed by atoms with Crippen molar-refractivity contribution in [3.8, 4) is 0 Å². The van der Waals surface area contributed by atoms with E-state index in [0.29, 0.717) is 5.41 Å². The minimum Gasteiger partial charge on any atom is -0.352 e. The lowest BCUT2D eigenvalue weighted by Gasteiger charge is -2.40. The van der Waals surface area contributed by atoms with Crippen molar-refractivity contribution in [2.75, 3.05) is 13.2 Å². The standard InChI is InChI=1S/C12H20O2/c1-2-6-11-13-9-12(10-14-11)7-4-3-5-8-12/h3-4,11H,2,5-10H2,1H3. The van der Waals surface area contributed by atoms with Crippen molar-refractivity contribution < 1.29 is 9.47 Å². The molecule has 0 N–H and O–H groups in total. The van der Waals surface area contributed by atoms with Crippen LogP contribution in [0.25, 0.3) is 0 Å². The van der Waals surface area contributed by atoms with Crippen LogP contribution in [-0.2, 0) is 9.47 Å². The van der Waals surface area contributed by atoms with Gasteiger partial charge in [0.25, 0.3) is 0 Å². The van der Waals surface area contributed by atoms with Gasteiger partial charge in [0.15, 0.2) is 6.29 Å². The van der Waals surface area contributed by atoms with Crippen LogP contribution in [0.2, 0.25) is 0 Å². The van der Waals surface area contributed by atoms with Crippen molar-refractivity contribution in [1.29, 1.82) is 0 Å². The van der Waals surface area contributed by atoms with Crippen molar-refractivity contribution in [2.24, 2.45) is 5.41 Å². The zero-order chi connectivity index (χ0) is 9.86. The molecule has 1 saturated heterocycles. The van der Waals surface area contributed by atoms with Crippen LogP contribution >= 0.6 is 0 Å². The quantitative estimate of drug-likeness (QED) is 0.632. The molecule has 0 radical (unpaired) electrons. The van der Waals surface area contributed by atoms with Gasteiger partial charge in [0.2, 0.25) is 0 Å². The van der Waals surface area contributed by atoms with E-state index >= 15 is 0 Å². The van der Waals surface area contributed by atoms with Gasteiger partial charge in [-0.1, -0.05) is 25.5 Å². The van der Waals surface area contributed by atoms with Gasteiger partial charge in [-0.15, -0.1) is 0 Å². The van der Waals surface area contributed by atoms with Gasteiger partial charge in [-0.3, -0.25) is 0 Å². The molecule has 0 bridgehead atoms. The highest BCUT2D eigenvalue weighted by molar-refractivity contribution is 4.98. The highest BCUT2D eigenvalue weighted by Crippen LogP contribution is 2.37. The molecule has 2 heteroatoms. The molecule has 1 aliphatic carbocycles. The van der Waals surface area contributed by atoms with Gasteiger partial charge >= 0.3 is 0 Å². The zero-order valence-electron chi connectivity index (χ0n) is 9.00. The molecule has 0 unspecified atom stereocenters.